The zero-order chi connectivity index (χ0) is 24.8. The maximum atomic E-state index is 12.9. The molecule has 0 N–H and O–H groups in total. The van der Waals surface area contributed by atoms with Crippen LogP contribution in [0.4, 0.5) is 0 Å². The number of ether oxygens (including phenoxy) is 4. The molecule has 0 bridgehead atoms. The van der Waals surface area contributed by atoms with Gasteiger partial charge in [0.05, 0.1) is 26.7 Å². The van der Waals surface area contributed by atoms with Gasteiger partial charge in [-0.25, -0.2) is 14.4 Å². The molecule has 5 atom stereocenters. The molecule has 1 aliphatic heterocycles. The maximum absolute atomic E-state index is 12.9. The summed E-state index contributed by atoms with van der Waals surface area (Å²) >= 11 is 2.10. The summed E-state index contributed by atoms with van der Waals surface area (Å²) < 4.78 is 22.8. The average Bonchev–Trinajstić information content (AvgIpc) is 2.90. The van der Waals surface area contributed by atoms with Crippen LogP contribution in [-0.2, 0) is 18.9 Å². The number of carbonyl (C=O) groups is 3. The van der Waals surface area contributed by atoms with Crippen LogP contribution < -0.4 is 0 Å². The molecular formula is C27H23IO7. The maximum Gasteiger partial charge on any atom is 0.340 e. The van der Waals surface area contributed by atoms with Crippen LogP contribution >= 0.6 is 22.6 Å². The van der Waals surface area contributed by atoms with Crippen molar-refractivity contribution in [3.8, 4) is 0 Å². The fourth-order valence-corrected chi connectivity index (χ4v) is 4.32. The summed E-state index contributed by atoms with van der Waals surface area (Å²) in [6.45, 7) is 1.78. The third-order valence-corrected chi connectivity index (χ3v) is 7.16. The van der Waals surface area contributed by atoms with Gasteiger partial charge in [-0.1, -0.05) is 77.2 Å². The Morgan fingerprint density at radius 3 is 1.43 bits per heavy atom. The van der Waals surface area contributed by atoms with Gasteiger partial charge in [0.25, 0.3) is 0 Å². The topological polar surface area (TPSA) is 88.1 Å². The molecule has 0 aromatic heterocycles. The molecule has 1 fully saturated rings. The summed E-state index contributed by atoms with van der Waals surface area (Å²) in [5, 5.41) is 0. The first-order valence-corrected chi connectivity index (χ1v) is 12.3. The summed E-state index contributed by atoms with van der Waals surface area (Å²) in [5.41, 5.74) is 0.963. The van der Waals surface area contributed by atoms with Gasteiger partial charge in [0.2, 0.25) is 12.4 Å². The minimum atomic E-state index is -1.29. The van der Waals surface area contributed by atoms with Gasteiger partial charge in [0.1, 0.15) is 0 Å². The molecule has 8 heteroatoms. The molecular weight excluding hydrogens is 563 g/mol. The second-order valence-electron chi connectivity index (χ2n) is 7.90. The number of hydrogen-bond donors (Lipinski definition) is 0. The third-order valence-electron chi connectivity index (χ3n) is 5.44. The van der Waals surface area contributed by atoms with Crippen molar-refractivity contribution in [1.29, 1.82) is 0 Å². The Balaban J connectivity index is 1.63. The smallest absolute Gasteiger partial charge is 0.340 e. The molecule has 0 radical (unpaired) electrons. The Morgan fingerprint density at radius 1 is 0.629 bits per heavy atom. The monoisotopic (exact) mass is 586 g/mol. The molecule has 0 unspecified atom stereocenters. The quantitative estimate of drug-likeness (QED) is 0.177. The van der Waals surface area contributed by atoms with Gasteiger partial charge in [-0.3, -0.25) is 0 Å². The minimum Gasteiger partial charge on any atom is -0.453 e. The van der Waals surface area contributed by atoms with Crippen molar-refractivity contribution in [2.45, 2.75) is 35.5 Å². The highest BCUT2D eigenvalue weighted by Gasteiger charge is 2.50. The lowest BCUT2D eigenvalue weighted by Gasteiger charge is -2.42. The molecule has 1 aliphatic rings. The standard InChI is InChI=1S/C27H23IO7/c1-17-21(28)22(33-24(29)18-11-5-2-6-12-18)23(34-25(30)19-13-7-3-8-14-19)27(32-17)35-26(31)20-15-9-4-10-16-20/h2-17,21-23,27H,1H3/t17-,21+,22+,23-,27+/m1/s1. The lowest BCUT2D eigenvalue weighted by Crippen LogP contribution is -2.58. The van der Waals surface area contributed by atoms with Gasteiger partial charge >= 0.3 is 17.9 Å². The van der Waals surface area contributed by atoms with E-state index < -0.39 is 42.5 Å². The second-order valence-corrected chi connectivity index (χ2v) is 9.34. The number of alkyl halides is 1. The minimum absolute atomic E-state index is 0.303. The summed E-state index contributed by atoms with van der Waals surface area (Å²) in [6.07, 6.45) is -3.89. The van der Waals surface area contributed by atoms with Crippen LogP contribution in [0.25, 0.3) is 0 Å². The second kappa shape index (κ2) is 11.5. The Labute approximate surface area is 216 Å². The van der Waals surface area contributed by atoms with Crippen molar-refractivity contribution in [1.82, 2.24) is 0 Å². The first-order chi connectivity index (χ1) is 16.9. The Morgan fingerprint density at radius 2 is 1.00 bits per heavy atom. The van der Waals surface area contributed by atoms with Gasteiger partial charge in [-0.2, -0.15) is 0 Å². The molecule has 0 spiro atoms. The van der Waals surface area contributed by atoms with E-state index in [1.807, 2.05) is 0 Å². The molecule has 1 saturated heterocycles. The Bertz CT molecular complexity index is 1150. The van der Waals surface area contributed by atoms with E-state index >= 15 is 0 Å². The highest BCUT2D eigenvalue weighted by molar-refractivity contribution is 14.1. The summed E-state index contributed by atoms with van der Waals surface area (Å²) in [5.74, 6) is -1.89. The molecule has 0 saturated carbocycles. The predicted molar refractivity (Wildman–Crippen MR) is 135 cm³/mol. The van der Waals surface area contributed by atoms with Crippen LogP contribution in [0.3, 0.4) is 0 Å². The van der Waals surface area contributed by atoms with Crippen LogP contribution in [-0.4, -0.2) is 46.4 Å². The van der Waals surface area contributed by atoms with Gasteiger partial charge in [0.15, 0.2) is 6.10 Å². The molecule has 1 heterocycles. The number of halogens is 1. The molecule has 7 nitrogen and oxygen atoms in total. The van der Waals surface area contributed by atoms with Crippen molar-refractivity contribution < 1.29 is 33.3 Å². The Kier molecular flexibility index (Phi) is 8.14. The first kappa shape index (κ1) is 24.9. The normalized spacial score (nSPS) is 23.7. The summed E-state index contributed by atoms with van der Waals surface area (Å²) in [6, 6.07) is 25.3. The third kappa shape index (κ3) is 6.07. The van der Waals surface area contributed by atoms with Crippen molar-refractivity contribution in [2.75, 3.05) is 0 Å². The molecule has 0 aliphatic carbocycles. The van der Waals surface area contributed by atoms with Gasteiger partial charge in [-0.15, -0.1) is 0 Å². The summed E-state index contributed by atoms with van der Waals surface area (Å²) in [7, 11) is 0. The van der Waals surface area contributed by atoms with Gasteiger partial charge in [0, 0.05) is 0 Å². The van der Waals surface area contributed by atoms with Gasteiger partial charge < -0.3 is 18.9 Å². The van der Waals surface area contributed by atoms with E-state index in [9.17, 15) is 14.4 Å². The zero-order valence-electron chi connectivity index (χ0n) is 18.8. The average molecular weight is 586 g/mol. The number of esters is 3. The number of rotatable bonds is 6. The fourth-order valence-electron chi connectivity index (χ4n) is 3.60. The first-order valence-electron chi connectivity index (χ1n) is 11.0. The van der Waals surface area contributed by atoms with Crippen molar-refractivity contribution >= 4 is 40.5 Å². The lowest BCUT2D eigenvalue weighted by atomic mass is 10.0. The van der Waals surface area contributed by atoms with E-state index in [1.54, 1.807) is 97.9 Å². The SMILES string of the molecule is C[C@H]1O[C@@H](OC(=O)c2ccccc2)[C@H](OC(=O)c2ccccc2)[C@@H](OC(=O)c2ccccc2)[C@H]1I. The van der Waals surface area contributed by atoms with Crippen LogP contribution in [0.1, 0.15) is 38.0 Å². The molecule has 4 rings (SSSR count). The van der Waals surface area contributed by atoms with E-state index in [4.69, 9.17) is 18.9 Å². The molecule has 3 aromatic rings. The van der Waals surface area contributed by atoms with Crippen LogP contribution in [0, 0.1) is 0 Å². The van der Waals surface area contributed by atoms with E-state index in [0.717, 1.165) is 0 Å². The van der Waals surface area contributed by atoms with Crippen molar-refractivity contribution in [3.63, 3.8) is 0 Å². The molecule has 0 amide bonds. The van der Waals surface area contributed by atoms with E-state index in [2.05, 4.69) is 22.6 Å². The fraction of sp³-hybridized carbons (Fsp3) is 0.222. The molecule has 35 heavy (non-hydrogen) atoms. The lowest BCUT2D eigenvalue weighted by molar-refractivity contribution is -0.236. The van der Waals surface area contributed by atoms with Gasteiger partial charge in [-0.05, 0) is 43.3 Å². The Hall–Kier alpha value is -3.24. The van der Waals surface area contributed by atoms with Crippen molar-refractivity contribution in [3.05, 3.63) is 108 Å². The highest BCUT2D eigenvalue weighted by Crippen LogP contribution is 2.33. The van der Waals surface area contributed by atoms with E-state index in [0.29, 0.717) is 16.7 Å². The number of carbonyl (C=O) groups excluding carboxylic acids is 3. The van der Waals surface area contributed by atoms with Crippen LogP contribution in [0.15, 0.2) is 91.0 Å². The number of hydrogen-bond acceptors (Lipinski definition) is 7. The molecule has 180 valence electrons. The van der Waals surface area contributed by atoms with E-state index in [-0.39, 0.29) is 3.92 Å². The largest absolute Gasteiger partial charge is 0.453 e. The van der Waals surface area contributed by atoms with E-state index in [1.165, 1.54) is 0 Å². The predicted octanol–water partition coefficient (Wildman–Crippen LogP) is 4.84. The highest BCUT2D eigenvalue weighted by atomic mass is 127. The zero-order valence-corrected chi connectivity index (χ0v) is 20.9. The van der Waals surface area contributed by atoms with Crippen molar-refractivity contribution in [2.24, 2.45) is 0 Å². The van der Waals surface area contributed by atoms with Crippen LogP contribution in [0.5, 0.6) is 0 Å². The van der Waals surface area contributed by atoms with Crippen LogP contribution in [0.2, 0.25) is 0 Å². The number of benzene rings is 3. The molecule has 3 aromatic carbocycles. The summed E-state index contributed by atoms with van der Waals surface area (Å²) in [4.78, 5) is 38.6.